The van der Waals surface area contributed by atoms with E-state index in [0.29, 0.717) is 22.2 Å². The fourth-order valence-electron chi connectivity index (χ4n) is 3.36. The molecule has 154 valence electrons. The van der Waals surface area contributed by atoms with Crippen LogP contribution >= 0.6 is 23.2 Å². The highest BCUT2D eigenvalue weighted by atomic mass is 35.5. The van der Waals surface area contributed by atoms with Gasteiger partial charge in [0.1, 0.15) is 0 Å². The van der Waals surface area contributed by atoms with Crippen LogP contribution in [0, 0.1) is 5.41 Å². The fourth-order valence-corrected chi connectivity index (χ4v) is 4.83. The van der Waals surface area contributed by atoms with Crippen LogP contribution in [0.1, 0.15) is 53.9 Å². The normalized spacial score (nSPS) is 12.7. The van der Waals surface area contributed by atoms with Crippen LogP contribution in [0.4, 0.5) is 5.69 Å². The average molecular weight is 437 g/mol. The van der Waals surface area contributed by atoms with E-state index in [4.69, 9.17) is 23.2 Å². The van der Waals surface area contributed by atoms with E-state index in [1.807, 2.05) is 13.8 Å². The van der Waals surface area contributed by atoms with E-state index in [9.17, 15) is 13.2 Å². The minimum absolute atomic E-state index is 0.0930. The first kappa shape index (κ1) is 24.1. The Kier molecular flexibility index (Phi) is 8.03. The monoisotopic (exact) mass is 436 g/mol. The number of hydrogen-bond donors (Lipinski definition) is 1. The Morgan fingerprint density at radius 3 is 2.04 bits per heavy atom. The van der Waals surface area contributed by atoms with Crippen molar-refractivity contribution >= 4 is 44.8 Å². The van der Waals surface area contributed by atoms with Crippen LogP contribution in [-0.2, 0) is 14.8 Å². The molecule has 0 spiro atoms. The molecule has 0 aliphatic carbocycles. The Labute approximate surface area is 173 Å². The maximum Gasteiger partial charge on any atom is 0.232 e. The molecule has 1 N–H and O–H groups in total. The van der Waals surface area contributed by atoms with Gasteiger partial charge in [-0.25, -0.2) is 8.42 Å². The Morgan fingerprint density at radius 1 is 1.07 bits per heavy atom. The molecule has 0 saturated heterocycles. The third-order valence-electron chi connectivity index (χ3n) is 3.75. The Bertz CT molecular complexity index is 751. The predicted molar refractivity (Wildman–Crippen MR) is 114 cm³/mol. The second-order valence-electron chi connectivity index (χ2n) is 8.74. The molecule has 1 rings (SSSR count). The van der Waals surface area contributed by atoms with E-state index in [1.165, 1.54) is 10.4 Å². The summed E-state index contributed by atoms with van der Waals surface area (Å²) < 4.78 is 25.5. The SMILES string of the molecule is CC(C)(C)CC(C)(C)NC(=O)CCCN(c1cc(Cl)cc(Cl)c1)S(C)(=O)=O. The van der Waals surface area contributed by atoms with Crippen molar-refractivity contribution in [1.29, 1.82) is 0 Å². The summed E-state index contributed by atoms with van der Waals surface area (Å²) in [6, 6.07) is 4.62. The summed E-state index contributed by atoms with van der Waals surface area (Å²) in [4.78, 5) is 12.3. The van der Waals surface area contributed by atoms with Crippen LogP contribution in [0.2, 0.25) is 10.0 Å². The van der Waals surface area contributed by atoms with Crippen molar-refractivity contribution in [2.24, 2.45) is 5.41 Å². The van der Waals surface area contributed by atoms with Gasteiger partial charge in [-0.2, -0.15) is 0 Å². The minimum Gasteiger partial charge on any atom is -0.351 e. The molecule has 0 aliphatic heterocycles. The van der Waals surface area contributed by atoms with Gasteiger partial charge < -0.3 is 5.32 Å². The van der Waals surface area contributed by atoms with Gasteiger partial charge in [0.2, 0.25) is 15.9 Å². The number of sulfonamides is 1. The lowest BCUT2D eigenvalue weighted by atomic mass is 9.82. The number of amides is 1. The molecule has 0 aliphatic rings. The molecule has 27 heavy (non-hydrogen) atoms. The van der Waals surface area contributed by atoms with E-state index >= 15 is 0 Å². The quantitative estimate of drug-likeness (QED) is 0.631. The number of nitrogens with zero attached hydrogens (tertiary/aromatic N) is 1. The molecular weight excluding hydrogens is 407 g/mol. The molecule has 1 aromatic carbocycles. The second-order valence-corrected chi connectivity index (χ2v) is 11.5. The molecule has 0 radical (unpaired) electrons. The van der Waals surface area contributed by atoms with Gasteiger partial charge in [-0.3, -0.25) is 9.10 Å². The summed E-state index contributed by atoms with van der Waals surface area (Å²) in [6.45, 7) is 10.5. The fraction of sp³-hybridized carbons (Fsp3) is 0.632. The zero-order valence-electron chi connectivity index (χ0n) is 16.9. The molecule has 5 nitrogen and oxygen atoms in total. The van der Waals surface area contributed by atoms with Gasteiger partial charge in [0.15, 0.2) is 0 Å². The molecule has 8 heteroatoms. The highest BCUT2D eigenvalue weighted by molar-refractivity contribution is 7.92. The maximum atomic E-state index is 12.3. The van der Waals surface area contributed by atoms with Crippen LogP contribution in [0.5, 0.6) is 0 Å². The standard InChI is InChI=1S/C19H30Cl2N2O3S/c1-18(2,3)13-19(4,5)22-17(24)8-7-9-23(27(6,25)26)16-11-14(20)10-15(21)12-16/h10-12H,7-9,13H2,1-6H3,(H,22,24). The van der Waals surface area contributed by atoms with Crippen LogP contribution < -0.4 is 9.62 Å². The summed E-state index contributed by atoms with van der Waals surface area (Å²) in [5.41, 5.74) is 0.158. The van der Waals surface area contributed by atoms with Crippen LogP contribution in [0.25, 0.3) is 0 Å². The summed E-state index contributed by atoms with van der Waals surface area (Å²) >= 11 is 12.0. The van der Waals surface area contributed by atoms with Gasteiger partial charge in [0, 0.05) is 28.5 Å². The van der Waals surface area contributed by atoms with E-state index in [1.54, 1.807) is 12.1 Å². The van der Waals surface area contributed by atoms with Crippen LogP contribution in [0.15, 0.2) is 18.2 Å². The maximum absolute atomic E-state index is 12.3. The number of hydrogen-bond acceptors (Lipinski definition) is 3. The lowest BCUT2D eigenvalue weighted by Crippen LogP contribution is -2.46. The predicted octanol–water partition coefficient (Wildman–Crippen LogP) is 4.87. The molecule has 0 fully saturated rings. The van der Waals surface area contributed by atoms with Crippen molar-refractivity contribution in [3.63, 3.8) is 0 Å². The number of halogens is 2. The Balaban J connectivity index is 2.74. The largest absolute Gasteiger partial charge is 0.351 e. The van der Waals surface area contributed by atoms with Gasteiger partial charge in [-0.05, 0) is 50.3 Å². The van der Waals surface area contributed by atoms with Gasteiger partial charge in [0.05, 0.1) is 11.9 Å². The molecule has 0 saturated carbocycles. The van der Waals surface area contributed by atoms with E-state index in [2.05, 4.69) is 26.1 Å². The molecule has 1 amide bonds. The summed E-state index contributed by atoms with van der Waals surface area (Å²) in [5.74, 6) is -0.0955. The molecule has 0 heterocycles. The molecule has 0 unspecified atom stereocenters. The van der Waals surface area contributed by atoms with E-state index in [0.717, 1.165) is 12.7 Å². The van der Waals surface area contributed by atoms with Crippen molar-refractivity contribution < 1.29 is 13.2 Å². The molecule has 0 aromatic heterocycles. The first-order chi connectivity index (χ1) is 12.1. The number of benzene rings is 1. The summed E-state index contributed by atoms with van der Waals surface area (Å²) in [7, 11) is -3.52. The summed E-state index contributed by atoms with van der Waals surface area (Å²) in [6.07, 6.45) is 2.57. The molecule has 0 atom stereocenters. The lowest BCUT2D eigenvalue weighted by molar-refractivity contribution is -0.123. The van der Waals surface area contributed by atoms with Crippen molar-refractivity contribution in [3.05, 3.63) is 28.2 Å². The van der Waals surface area contributed by atoms with E-state index in [-0.39, 0.29) is 29.8 Å². The minimum atomic E-state index is -3.52. The first-order valence-corrected chi connectivity index (χ1v) is 11.4. The lowest BCUT2D eigenvalue weighted by Gasteiger charge is -2.33. The topological polar surface area (TPSA) is 66.5 Å². The smallest absolute Gasteiger partial charge is 0.232 e. The number of anilines is 1. The number of rotatable bonds is 8. The Hall–Kier alpha value is -0.980. The number of carbonyl (C=O) groups is 1. The van der Waals surface area contributed by atoms with Crippen molar-refractivity contribution in [2.45, 2.75) is 59.4 Å². The molecule has 1 aromatic rings. The van der Waals surface area contributed by atoms with Crippen molar-refractivity contribution in [1.82, 2.24) is 5.32 Å². The van der Waals surface area contributed by atoms with Crippen LogP contribution in [-0.4, -0.2) is 32.7 Å². The zero-order chi connectivity index (χ0) is 21.0. The Morgan fingerprint density at radius 2 is 1.59 bits per heavy atom. The van der Waals surface area contributed by atoms with Crippen LogP contribution in [0.3, 0.4) is 0 Å². The molecular formula is C19H30Cl2N2O3S. The number of nitrogens with one attached hydrogen (secondary N) is 1. The molecule has 0 bridgehead atoms. The highest BCUT2D eigenvalue weighted by Crippen LogP contribution is 2.28. The van der Waals surface area contributed by atoms with Crippen molar-refractivity contribution in [2.75, 3.05) is 17.1 Å². The zero-order valence-corrected chi connectivity index (χ0v) is 19.2. The summed E-state index contributed by atoms with van der Waals surface area (Å²) in [5, 5.41) is 3.74. The van der Waals surface area contributed by atoms with Crippen molar-refractivity contribution in [3.8, 4) is 0 Å². The van der Waals surface area contributed by atoms with Gasteiger partial charge >= 0.3 is 0 Å². The third kappa shape index (κ3) is 9.17. The second kappa shape index (κ2) is 9.01. The van der Waals surface area contributed by atoms with Gasteiger partial charge in [-0.15, -0.1) is 0 Å². The van der Waals surface area contributed by atoms with E-state index < -0.39 is 10.0 Å². The number of carbonyl (C=O) groups excluding carboxylic acids is 1. The third-order valence-corrected chi connectivity index (χ3v) is 5.38. The first-order valence-electron chi connectivity index (χ1n) is 8.84. The van der Waals surface area contributed by atoms with Gasteiger partial charge in [0.25, 0.3) is 0 Å². The average Bonchev–Trinajstić information content (AvgIpc) is 2.37. The van der Waals surface area contributed by atoms with Gasteiger partial charge in [-0.1, -0.05) is 44.0 Å². The highest BCUT2D eigenvalue weighted by Gasteiger charge is 2.27.